The van der Waals surface area contributed by atoms with Crippen molar-refractivity contribution in [2.45, 2.75) is 51.4 Å². The highest BCUT2D eigenvalue weighted by molar-refractivity contribution is 5.66. The molecule has 25 heavy (non-hydrogen) atoms. The van der Waals surface area contributed by atoms with Gasteiger partial charge >= 0.3 is 0 Å². The fourth-order valence-corrected chi connectivity index (χ4v) is 3.66. The maximum Gasteiger partial charge on any atom is 0.200 e. The Morgan fingerprint density at radius 3 is 3.04 bits per heavy atom. The topological polar surface area (TPSA) is 80.9 Å². The van der Waals surface area contributed by atoms with Crippen molar-refractivity contribution < 1.29 is 0 Å². The molecule has 0 atom stereocenters. The highest BCUT2D eigenvalue weighted by Gasteiger charge is 2.26. The molecular formula is C18H21N7. The standard InChI is InChI=1S/C18H21N7/c1-11-13-3-2-4-14(13)22-17(21-11)7-8-19-16-9-15(12-5-6-12)24-25-10-20-23-18(16)25/h9-10,12,19H,2-8H2,1H3. The number of aryl methyl sites for hydroxylation is 2. The zero-order valence-electron chi connectivity index (χ0n) is 14.4. The van der Waals surface area contributed by atoms with E-state index in [-0.39, 0.29) is 0 Å². The highest BCUT2D eigenvalue weighted by atomic mass is 15.3. The summed E-state index contributed by atoms with van der Waals surface area (Å²) < 4.78 is 1.77. The average molecular weight is 335 g/mol. The van der Waals surface area contributed by atoms with Crippen LogP contribution in [0.25, 0.3) is 5.65 Å². The fraction of sp³-hybridized carbons (Fsp3) is 0.500. The van der Waals surface area contributed by atoms with Crippen LogP contribution in [-0.4, -0.2) is 36.3 Å². The van der Waals surface area contributed by atoms with E-state index in [9.17, 15) is 0 Å². The molecule has 7 nitrogen and oxygen atoms in total. The molecule has 0 aliphatic heterocycles. The summed E-state index contributed by atoms with van der Waals surface area (Å²) in [6, 6.07) is 2.12. The minimum Gasteiger partial charge on any atom is -0.381 e. The van der Waals surface area contributed by atoms with Gasteiger partial charge in [-0.05, 0) is 50.7 Å². The predicted octanol–water partition coefficient (Wildman–Crippen LogP) is 2.24. The van der Waals surface area contributed by atoms with Gasteiger partial charge in [-0.15, -0.1) is 10.2 Å². The van der Waals surface area contributed by atoms with Crippen LogP contribution in [0.15, 0.2) is 12.4 Å². The number of nitrogens with one attached hydrogen (secondary N) is 1. The SMILES string of the molecule is Cc1nc(CCNc2cc(C3CC3)nn3cnnc23)nc2c1CCC2. The Balaban J connectivity index is 1.34. The number of hydrogen-bond donors (Lipinski definition) is 1. The molecule has 0 unspecified atom stereocenters. The molecule has 0 spiro atoms. The molecule has 2 aliphatic rings. The van der Waals surface area contributed by atoms with Crippen LogP contribution in [0, 0.1) is 6.92 Å². The lowest BCUT2D eigenvalue weighted by Gasteiger charge is -2.10. The lowest BCUT2D eigenvalue weighted by Crippen LogP contribution is -2.12. The van der Waals surface area contributed by atoms with Gasteiger partial charge in [0.15, 0.2) is 0 Å². The number of rotatable bonds is 5. The van der Waals surface area contributed by atoms with Gasteiger partial charge in [0, 0.05) is 30.3 Å². The lowest BCUT2D eigenvalue weighted by atomic mass is 10.2. The third-order valence-electron chi connectivity index (χ3n) is 5.13. The van der Waals surface area contributed by atoms with Crippen molar-refractivity contribution >= 4 is 11.3 Å². The van der Waals surface area contributed by atoms with E-state index < -0.39 is 0 Å². The maximum atomic E-state index is 4.76. The van der Waals surface area contributed by atoms with Gasteiger partial charge in [0.05, 0.1) is 11.4 Å². The first-order valence-corrected chi connectivity index (χ1v) is 9.08. The molecule has 0 aromatic carbocycles. The van der Waals surface area contributed by atoms with Crippen molar-refractivity contribution in [3.05, 3.63) is 40.9 Å². The third kappa shape index (κ3) is 2.73. The van der Waals surface area contributed by atoms with Crippen LogP contribution in [-0.2, 0) is 19.3 Å². The first-order chi connectivity index (χ1) is 12.3. The Morgan fingerprint density at radius 2 is 2.16 bits per heavy atom. The lowest BCUT2D eigenvalue weighted by molar-refractivity contribution is 0.836. The molecule has 3 aromatic heterocycles. The number of nitrogens with zero attached hydrogens (tertiary/aromatic N) is 6. The van der Waals surface area contributed by atoms with E-state index in [1.165, 1.54) is 30.5 Å². The summed E-state index contributed by atoms with van der Waals surface area (Å²) in [6.07, 6.45) is 8.35. The molecule has 1 saturated carbocycles. The summed E-state index contributed by atoms with van der Waals surface area (Å²) in [6.45, 7) is 2.88. The second-order valence-corrected chi connectivity index (χ2v) is 7.04. The van der Waals surface area contributed by atoms with Crippen LogP contribution in [0.3, 0.4) is 0 Å². The molecular weight excluding hydrogens is 314 g/mol. The number of aromatic nitrogens is 6. The number of hydrogen-bond acceptors (Lipinski definition) is 6. The minimum atomic E-state index is 0.593. The zero-order valence-corrected chi connectivity index (χ0v) is 14.4. The Hall–Kier alpha value is -2.57. The fourth-order valence-electron chi connectivity index (χ4n) is 3.66. The second-order valence-electron chi connectivity index (χ2n) is 7.04. The van der Waals surface area contributed by atoms with E-state index in [1.807, 2.05) is 0 Å². The molecule has 1 N–H and O–H groups in total. The molecule has 128 valence electrons. The monoisotopic (exact) mass is 335 g/mol. The summed E-state index contributed by atoms with van der Waals surface area (Å²) in [5.74, 6) is 1.52. The summed E-state index contributed by atoms with van der Waals surface area (Å²) in [4.78, 5) is 9.44. The maximum absolute atomic E-state index is 4.76. The van der Waals surface area contributed by atoms with Crippen molar-refractivity contribution in [1.82, 2.24) is 29.8 Å². The molecule has 1 fully saturated rings. The Bertz CT molecular complexity index is 942. The summed E-state index contributed by atoms with van der Waals surface area (Å²) in [5, 5.41) is 16.3. The van der Waals surface area contributed by atoms with E-state index >= 15 is 0 Å². The molecule has 0 amide bonds. The van der Waals surface area contributed by atoms with Crippen LogP contribution in [0.5, 0.6) is 0 Å². The second kappa shape index (κ2) is 5.75. The van der Waals surface area contributed by atoms with E-state index in [1.54, 1.807) is 10.8 Å². The smallest absolute Gasteiger partial charge is 0.200 e. The van der Waals surface area contributed by atoms with Crippen LogP contribution < -0.4 is 5.32 Å². The molecule has 0 bridgehead atoms. The van der Waals surface area contributed by atoms with Gasteiger partial charge < -0.3 is 5.32 Å². The third-order valence-corrected chi connectivity index (χ3v) is 5.13. The molecule has 0 saturated heterocycles. The Labute approximate surface area is 145 Å². The quantitative estimate of drug-likeness (QED) is 0.770. The number of fused-ring (bicyclic) bond motifs is 2. The summed E-state index contributed by atoms with van der Waals surface area (Å²) in [5.41, 5.74) is 6.66. The minimum absolute atomic E-state index is 0.593. The van der Waals surface area contributed by atoms with Crippen molar-refractivity contribution in [1.29, 1.82) is 0 Å². The predicted molar refractivity (Wildman–Crippen MR) is 93.7 cm³/mol. The molecule has 7 heteroatoms. The average Bonchev–Trinajstić information content (AvgIpc) is 3.15. The van der Waals surface area contributed by atoms with Gasteiger partial charge in [-0.3, -0.25) is 0 Å². The van der Waals surface area contributed by atoms with E-state index in [2.05, 4.69) is 38.6 Å². The van der Waals surface area contributed by atoms with Crippen LogP contribution in [0.1, 0.15) is 53.7 Å². The van der Waals surface area contributed by atoms with Crippen LogP contribution in [0.4, 0.5) is 5.69 Å². The normalized spacial score (nSPS) is 16.4. The number of anilines is 1. The van der Waals surface area contributed by atoms with Gasteiger partial charge in [0.25, 0.3) is 0 Å². The van der Waals surface area contributed by atoms with E-state index in [0.717, 1.165) is 54.4 Å². The molecule has 0 radical (unpaired) electrons. The van der Waals surface area contributed by atoms with Gasteiger partial charge in [0.2, 0.25) is 5.65 Å². The first-order valence-electron chi connectivity index (χ1n) is 9.08. The molecule has 2 aliphatic carbocycles. The van der Waals surface area contributed by atoms with Crippen molar-refractivity contribution in [2.75, 3.05) is 11.9 Å². The van der Waals surface area contributed by atoms with E-state index in [0.29, 0.717) is 5.92 Å². The van der Waals surface area contributed by atoms with Gasteiger partial charge in [0.1, 0.15) is 12.2 Å². The zero-order chi connectivity index (χ0) is 16.8. The molecule has 3 heterocycles. The van der Waals surface area contributed by atoms with E-state index in [4.69, 9.17) is 4.98 Å². The van der Waals surface area contributed by atoms with Gasteiger partial charge in [-0.1, -0.05) is 0 Å². The Morgan fingerprint density at radius 1 is 1.24 bits per heavy atom. The van der Waals surface area contributed by atoms with Crippen LogP contribution in [0.2, 0.25) is 0 Å². The Kier molecular flexibility index (Phi) is 3.39. The van der Waals surface area contributed by atoms with Gasteiger partial charge in [-0.2, -0.15) is 9.61 Å². The molecule has 5 rings (SSSR count). The van der Waals surface area contributed by atoms with Crippen molar-refractivity contribution in [3.63, 3.8) is 0 Å². The van der Waals surface area contributed by atoms with Gasteiger partial charge in [-0.25, -0.2) is 9.97 Å². The highest BCUT2D eigenvalue weighted by Crippen LogP contribution is 2.39. The summed E-state index contributed by atoms with van der Waals surface area (Å²) >= 11 is 0. The van der Waals surface area contributed by atoms with Crippen LogP contribution >= 0.6 is 0 Å². The summed E-state index contributed by atoms with van der Waals surface area (Å²) in [7, 11) is 0. The first kappa shape index (κ1) is 14.7. The van der Waals surface area contributed by atoms with Crippen molar-refractivity contribution in [2.24, 2.45) is 0 Å². The largest absolute Gasteiger partial charge is 0.381 e. The molecule has 3 aromatic rings. The van der Waals surface area contributed by atoms with Crippen molar-refractivity contribution in [3.8, 4) is 0 Å².